The van der Waals surface area contributed by atoms with Crippen LogP contribution in [0, 0.1) is 6.07 Å². The highest BCUT2D eigenvalue weighted by molar-refractivity contribution is 7.89. The summed E-state index contributed by atoms with van der Waals surface area (Å²) in [5.74, 6) is -0.968. The molecule has 2 aromatic carbocycles. The molecule has 2 rings (SSSR count). The molecule has 0 saturated heterocycles. The van der Waals surface area contributed by atoms with Gasteiger partial charge in [-0.2, -0.15) is 16.8 Å². The Bertz CT molecular complexity index is 866. The molecule has 2 aromatic rings. The molecule has 101 valence electrons. The molecule has 0 atom stereocenters. The maximum atomic E-state index is 11.2. The maximum Gasteiger partial charge on any atom is 0.299 e. The van der Waals surface area contributed by atoms with Gasteiger partial charge in [0.05, 0.1) is 0 Å². The van der Waals surface area contributed by atoms with E-state index in [0.29, 0.717) is 0 Å². The first-order valence-electron chi connectivity index (χ1n) is 4.74. The number of benzene rings is 2. The summed E-state index contributed by atoms with van der Waals surface area (Å²) in [7, 11) is -10.0. The van der Waals surface area contributed by atoms with Crippen molar-refractivity contribution in [2.45, 2.75) is 9.79 Å². The van der Waals surface area contributed by atoms with Crippen LogP contribution < -0.4 is 0 Å². The number of aromatic hydroxyl groups is 1. The quantitative estimate of drug-likeness (QED) is 0.701. The second-order valence-electron chi connectivity index (χ2n) is 3.63. The van der Waals surface area contributed by atoms with Crippen molar-refractivity contribution in [2.75, 3.05) is 0 Å². The SMILES string of the molecule is O=S(=O)(O)c1[c]c2ccccc2c(O)c1S(=O)(=O)O. The Balaban J connectivity index is 3.11. The van der Waals surface area contributed by atoms with Crippen molar-refractivity contribution >= 4 is 31.0 Å². The zero-order valence-electron chi connectivity index (χ0n) is 9.10. The molecule has 9 heteroatoms. The first-order chi connectivity index (χ1) is 8.62. The van der Waals surface area contributed by atoms with Gasteiger partial charge in [0.2, 0.25) is 0 Å². The van der Waals surface area contributed by atoms with Crippen molar-refractivity contribution in [3.05, 3.63) is 30.3 Å². The summed E-state index contributed by atoms with van der Waals surface area (Å²) in [4.78, 5) is -2.50. The first kappa shape index (κ1) is 13.7. The highest BCUT2D eigenvalue weighted by atomic mass is 32.2. The lowest BCUT2D eigenvalue weighted by molar-refractivity contribution is 0.435. The number of hydrogen-bond acceptors (Lipinski definition) is 5. The molecule has 0 fully saturated rings. The van der Waals surface area contributed by atoms with Gasteiger partial charge in [-0.25, -0.2) is 0 Å². The van der Waals surface area contributed by atoms with E-state index in [2.05, 4.69) is 6.07 Å². The highest BCUT2D eigenvalue weighted by Gasteiger charge is 2.29. The number of hydrogen-bond donors (Lipinski definition) is 3. The fourth-order valence-electron chi connectivity index (χ4n) is 1.63. The molecular weight excluding hydrogens is 296 g/mol. The van der Waals surface area contributed by atoms with Gasteiger partial charge in [0.1, 0.15) is 10.6 Å². The summed E-state index contributed by atoms with van der Waals surface area (Å²) in [5, 5.41) is 9.84. The Morgan fingerprint density at radius 2 is 1.53 bits per heavy atom. The molecule has 0 aliphatic carbocycles. The molecule has 0 amide bonds. The van der Waals surface area contributed by atoms with Crippen LogP contribution in [0.15, 0.2) is 34.1 Å². The van der Waals surface area contributed by atoms with Gasteiger partial charge in [0.25, 0.3) is 20.2 Å². The number of phenolic OH excluding ortho intramolecular Hbond substituents is 1. The average Bonchev–Trinajstić information content (AvgIpc) is 2.26. The predicted molar refractivity (Wildman–Crippen MR) is 64.1 cm³/mol. The second kappa shape index (κ2) is 4.17. The Morgan fingerprint density at radius 3 is 2.05 bits per heavy atom. The molecule has 0 heterocycles. The van der Waals surface area contributed by atoms with Gasteiger partial charge in [-0.15, -0.1) is 0 Å². The Morgan fingerprint density at radius 1 is 0.947 bits per heavy atom. The van der Waals surface area contributed by atoms with Crippen molar-refractivity contribution in [3.8, 4) is 5.75 Å². The van der Waals surface area contributed by atoms with Gasteiger partial charge < -0.3 is 5.11 Å². The second-order valence-corrected chi connectivity index (χ2v) is 6.34. The number of rotatable bonds is 2. The van der Waals surface area contributed by atoms with E-state index in [1.54, 1.807) is 0 Å². The minimum Gasteiger partial charge on any atom is -0.506 e. The lowest BCUT2D eigenvalue weighted by atomic mass is 10.1. The third-order valence-corrected chi connectivity index (χ3v) is 4.23. The number of fused-ring (bicyclic) bond motifs is 1. The van der Waals surface area contributed by atoms with Crippen LogP contribution in [0.1, 0.15) is 0 Å². The molecule has 0 aliphatic heterocycles. The standard InChI is InChI=1S/C10H7O7S2/c11-9-7-4-2-1-3-6(7)5-8(18(12,13)14)10(9)19(15,16)17/h1-4,11H,(H,12,13,14)(H,15,16,17). The predicted octanol–water partition coefficient (Wildman–Crippen LogP) is 0.839. The van der Waals surface area contributed by atoms with Crippen LogP contribution in [0.3, 0.4) is 0 Å². The molecule has 3 N–H and O–H groups in total. The van der Waals surface area contributed by atoms with Crippen molar-refractivity contribution < 1.29 is 31.0 Å². The van der Waals surface area contributed by atoms with Crippen LogP contribution >= 0.6 is 0 Å². The molecular formula is C10H7O7S2. The first-order valence-corrected chi connectivity index (χ1v) is 7.62. The fraction of sp³-hybridized carbons (Fsp3) is 0. The summed E-state index contributed by atoms with van der Waals surface area (Å²) in [6.45, 7) is 0. The molecule has 0 saturated carbocycles. The molecule has 19 heavy (non-hydrogen) atoms. The van der Waals surface area contributed by atoms with Gasteiger partial charge in [0.15, 0.2) is 4.90 Å². The van der Waals surface area contributed by atoms with Crippen LogP contribution in [0.4, 0.5) is 0 Å². The smallest absolute Gasteiger partial charge is 0.299 e. The van der Waals surface area contributed by atoms with Crippen molar-refractivity contribution in [1.29, 1.82) is 0 Å². The molecule has 0 aromatic heterocycles. The molecule has 0 unspecified atom stereocenters. The third kappa shape index (κ3) is 2.40. The van der Waals surface area contributed by atoms with Crippen LogP contribution in [-0.4, -0.2) is 31.0 Å². The van der Waals surface area contributed by atoms with E-state index in [9.17, 15) is 21.9 Å². The number of phenols is 1. The summed E-state index contributed by atoms with van der Waals surface area (Å²) in [6.07, 6.45) is 0. The van der Waals surface area contributed by atoms with E-state index in [1.165, 1.54) is 24.3 Å². The lowest BCUT2D eigenvalue weighted by Gasteiger charge is -2.09. The molecule has 0 spiro atoms. The Labute approximate surface area is 108 Å². The van der Waals surface area contributed by atoms with Crippen molar-refractivity contribution in [1.82, 2.24) is 0 Å². The lowest BCUT2D eigenvalue weighted by Crippen LogP contribution is -2.09. The summed E-state index contributed by atoms with van der Waals surface area (Å²) in [6, 6.07) is 7.78. The summed E-state index contributed by atoms with van der Waals surface area (Å²) in [5.41, 5.74) is 0. The largest absolute Gasteiger partial charge is 0.506 e. The van der Waals surface area contributed by atoms with E-state index in [-0.39, 0.29) is 10.8 Å². The van der Waals surface area contributed by atoms with Crippen molar-refractivity contribution in [2.24, 2.45) is 0 Å². The van der Waals surface area contributed by atoms with Gasteiger partial charge in [-0.05, 0) is 5.39 Å². The normalized spacial score (nSPS) is 12.7. The Kier molecular flexibility index (Phi) is 3.01. The van der Waals surface area contributed by atoms with Gasteiger partial charge >= 0.3 is 0 Å². The Hall–Kier alpha value is -1.68. The third-order valence-electron chi connectivity index (χ3n) is 2.37. The summed E-state index contributed by atoms with van der Waals surface area (Å²) >= 11 is 0. The minimum absolute atomic E-state index is 0.0254. The van der Waals surface area contributed by atoms with Crippen LogP contribution in [0.2, 0.25) is 0 Å². The summed E-state index contributed by atoms with van der Waals surface area (Å²) < 4.78 is 62.6. The average molecular weight is 303 g/mol. The van der Waals surface area contributed by atoms with E-state index in [0.717, 1.165) is 0 Å². The molecule has 1 radical (unpaired) electrons. The molecule has 7 nitrogen and oxygen atoms in total. The van der Waals surface area contributed by atoms with Gasteiger partial charge in [0, 0.05) is 11.5 Å². The fourth-order valence-corrected chi connectivity index (χ4v) is 3.47. The molecule has 0 aliphatic rings. The van der Waals surface area contributed by atoms with E-state index in [4.69, 9.17) is 9.11 Å². The minimum atomic E-state index is -5.06. The van der Waals surface area contributed by atoms with Crippen LogP contribution in [0.25, 0.3) is 10.8 Å². The van der Waals surface area contributed by atoms with E-state index < -0.39 is 35.8 Å². The zero-order chi connectivity index (χ0) is 14.4. The topological polar surface area (TPSA) is 129 Å². The highest BCUT2D eigenvalue weighted by Crippen LogP contribution is 2.36. The van der Waals surface area contributed by atoms with Crippen LogP contribution in [-0.2, 0) is 20.2 Å². The van der Waals surface area contributed by atoms with E-state index in [1.807, 2.05) is 0 Å². The zero-order valence-corrected chi connectivity index (χ0v) is 10.7. The van der Waals surface area contributed by atoms with Gasteiger partial charge in [-0.1, -0.05) is 24.3 Å². The monoisotopic (exact) mass is 303 g/mol. The van der Waals surface area contributed by atoms with Gasteiger partial charge in [-0.3, -0.25) is 9.11 Å². The van der Waals surface area contributed by atoms with Crippen LogP contribution in [0.5, 0.6) is 5.75 Å². The van der Waals surface area contributed by atoms with Crippen molar-refractivity contribution in [3.63, 3.8) is 0 Å². The molecule has 0 bridgehead atoms. The van der Waals surface area contributed by atoms with E-state index >= 15 is 0 Å². The maximum absolute atomic E-state index is 11.2.